The SMILES string of the molecule is CCN(CCO)CC(Cl)c1ccc(NC(C)=O)cc1. The van der Waals surface area contributed by atoms with Gasteiger partial charge in [-0.05, 0) is 24.2 Å². The number of nitrogens with zero attached hydrogens (tertiary/aromatic N) is 1. The summed E-state index contributed by atoms with van der Waals surface area (Å²) in [6.07, 6.45) is 0. The number of hydrogen-bond acceptors (Lipinski definition) is 3. The second kappa shape index (κ2) is 8.15. The van der Waals surface area contributed by atoms with E-state index in [9.17, 15) is 4.79 Å². The fraction of sp³-hybridized carbons (Fsp3) is 0.500. The molecule has 1 aromatic carbocycles. The number of halogens is 1. The topological polar surface area (TPSA) is 52.6 Å². The van der Waals surface area contributed by atoms with Gasteiger partial charge < -0.3 is 10.4 Å². The van der Waals surface area contributed by atoms with Crippen molar-refractivity contribution in [2.24, 2.45) is 0 Å². The number of aliphatic hydroxyl groups is 1. The van der Waals surface area contributed by atoms with Gasteiger partial charge in [-0.3, -0.25) is 9.69 Å². The molecule has 106 valence electrons. The molecule has 0 bridgehead atoms. The summed E-state index contributed by atoms with van der Waals surface area (Å²) in [5, 5.41) is 11.5. The molecule has 0 fully saturated rings. The van der Waals surface area contributed by atoms with Gasteiger partial charge >= 0.3 is 0 Å². The number of amides is 1. The molecule has 1 atom stereocenters. The van der Waals surface area contributed by atoms with Gasteiger partial charge in [-0.2, -0.15) is 0 Å². The number of alkyl halides is 1. The van der Waals surface area contributed by atoms with Gasteiger partial charge in [0.15, 0.2) is 0 Å². The highest BCUT2D eigenvalue weighted by molar-refractivity contribution is 6.21. The van der Waals surface area contributed by atoms with E-state index >= 15 is 0 Å². The molecule has 0 radical (unpaired) electrons. The van der Waals surface area contributed by atoms with E-state index in [4.69, 9.17) is 16.7 Å². The summed E-state index contributed by atoms with van der Waals surface area (Å²) in [7, 11) is 0. The maximum absolute atomic E-state index is 10.9. The molecule has 0 aliphatic carbocycles. The highest BCUT2D eigenvalue weighted by atomic mass is 35.5. The quantitative estimate of drug-likeness (QED) is 0.755. The molecule has 1 amide bonds. The third-order valence-electron chi connectivity index (χ3n) is 2.87. The average molecular weight is 285 g/mol. The van der Waals surface area contributed by atoms with Crippen molar-refractivity contribution in [3.05, 3.63) is 29.8 Å². The lowest BCUT2D eigenvalue weighted by atomic mass is 10.1. The molecule has 5 heteroatoms. The Morgan fingerprint density at radius 3 is 2.53 bits per heavy atom. The molecule has 1 rings (SSSR count). The molecule has 0 spiro atoms. The third-order valence-corrected chi connectivity index (χ3v) is 3.26. The minimum Gasteiger partial charge on any atom is -0.395 e. The lowest BCUT2D eigenvalue weighted by molar-refractivity contribution is -0.114. The predicted molar refractivity (Wildman–Crippen MR) is 78.5 cm³/mol. The van der Waals surface area contributed by atoms with E-state index in [2.05, 4.69) is 10.2 Å². The van der Waals surface area contributed by atoms with Crippen molar-refractivity contribution in [1.29, 1.82) is 0 Å². The Bertz CT molecular complexity index is 395. The fourth-order valence-electron chi connectivity index (χ4n) is 1.83. The van der Waals surface area contributed by atoms with E-state index in [1.54, 1.807) is 0 Å². The zero-order chi connectivity index (χ0) is 14.3. The fourth-order valence-corrected chi connectivity index (χ4v) is 2.17. The smallest absolute Gasteiger partial charge is 0.221 e. The molecule has 0 aliphatic rings. The largest absolute Gasteiger partial charge is 0.395 e. The van der Waals surface area contributed by atoms with E-state index in [-0.39, 0.29) is 17.9 Å². The summed E-state index contributed by atoms with van der Waals surface area (Å²) in [6.45, 7) is 5.83. The Morgan fingerprint density at radius 2 is 2.05 bits per heavy atom. The summed E-state index contributed by atoms with van der Waals surface area (Å²) >= 11 is 6.36. The monoisotopic (exact) mass is 284 g/mol. The molecular weight excluding hydrogens is 264 g/mol. The molecule has 1 aromatic rings. The van der Waals surface area contributed by atoms with E-state index in [0.29, 0.717) is 13.1 Å². The molecule has 0 saturated heterocycles. The Kier molecular flexibility index (Phi) is 6.84. The van der Waals surface area contributed by atoms with Crippen LogP contribution in [0.15, 0.2) is 24.3 Å². The maximum atomic E-state index is 10.9. The lowest BCUT2D eigenvalue weighted by Gasteiger charge is -2.22. The van der Waals surface area contributed by atoms with Gasteiger partial charge in [-0.25, -0.2) is 0 Å². The van der Waals surface area contributed by atoms with Crippen LogP contribution in [0.25, 0.3) is 0 Å². The van der Waals surface area contributed by atoms with Crippen LogP contribution >= 0.6 is 11.6 Å². The van der Waals surface area contributed by atoms with Gasteiger partial charge in [0.2, 0.25) is 5.91 Å². The van der Waals surface area contributed by atoms with Crippen molar-refractivity contribution in [3.63, 3.8) is 0 Å². The van der Waals surface area contributed by atoms with Crippen molar-refractivity contribution in [2.45, 2.75) is 19.2 Å². The van der Waals surface area contributed by atoms with Crippen LogP contribution in [0.2, 0.25) is 0 Å². The molecule has 0 heterocycles. The van der Waals surface area contributed by atoms with Crippen molar-refractivity contribution < 1.29 is 9.90 Å². The highest BCUT2D eigenvalue weighted by Gasteiger charge is 2.12. The Morgan fingerprint density at radius 1 is 1.42 bits per heavy atom. The van der Waals surface area contributed by atoms with Gasteiger partial charge in [0.1, 0.15) is 0 Å². The molecular formula is C14H21ClN2O2. The van der Waals surface area contributed by atoms with Crippen LogP contribution in [0.1, 0.15) is 24.8 Å². The van der Waals surface area contributed by atoms with E-state index in [1.165, 1.54) is 6.92 Å². The summed E-state index contributed by atoms with van der Waals surface area (Å²) < 4.78 is 0. The molecule has 0 saturated carbocycles. The van der Waals surface area contributed by atoms with Crippen molar-refractivity contribution >= 4 is 23.2 Å². The second-order valence-electron chi connectivity index (χ2n) is 4.39. The van der Waals surface area contributed by atoms with Gasteiger partial charge in [0.05, 0.1) is 12.0 Å². The summed E-state index contributed by atoms with van der Waals surface area (Å²) in [6, 6.07) is 7.51. The number of anilines is 1. The first-order valence-electron chi connectivity index (χ1n) is 6.41. The first kappa shape index (κ1) is 16.0. The molecule has 2 N–H and O–H groups in total. The Hall–Kier alpha value is -1.10. The van der Waals surface area contributed by atoms with E-state index in [0.717, 1.165) is 17.8 Å². The van der Waals surface area contributed by atoms with E-state index < -0.39 is 0 Å². The first-order chi connectivity index (χ1) is 9.06. The number of benzene rings is 1. The predicted octanol–water partition coefficient (Wildman–Crippen LogP) is 2.24. The van der Waals surface area contributed by atoms with Crippen LogP contribution in [0.3, 0.4) is 0 Å². The van der Waals surface area contributed by atoms with Crippen molar-refractivity contribution in [1.82, 2.24) is 4.90 Å². The van der Waals surface area contributed by atoms with Crippen molar-refractivity contribution in [2.75, 3.05) is 31.6 Å². The van der Waals surface area contributed by atoms with Crippen LogP contribution in [-0.2, 0) is 4.79 Å². The third kappa shape index (κ3) is 5.59. The standard InChI is InChI=1S/C14H21ClN2O2/c1-3-17(8-9-18)10-14(15)12-4-6-13(7-5-12)16-11(2)19/h4-7,14,18H,3,8-10H2,1-2H3,(H,16,19). The average Bonchev–Trinajstić information content (AvgIpc) is 2.38. The van der Waals surface area contributed by atoms with Gasteiger partial charge in [0, 0.05) is 25.7 Å². The Balaban J connectivity index is 2.61. The van der Waals surface area contributed by atoms with Gasteiger partial charge in [0.25, 0.3) is 0 Å². The van der Waals surface area contributed by atoms with Crippen LogP contribution in [0.4, 0.5) is 5.69 Å². The van der Waals surface area contributed by atoms with Crippen LogP contribution in [0.5, 0.6) is 0 Å². The normalized spacial score (nSPS) is 12.5. The van der Waals surface area contributed by atoms with Crippen LogP contribution in [0, 0.1) is 0 Å². The molecule has 1 unspecified atom stereocenters. The summed E-state index contributed by atoms with van der Waals surface area (Å²) in [5.41, 5.74) is 1.77. The van der Waals surface area contributed by atoms with Gasteiger partial charge in [-0.1, -0.05) is 19.1 Å². The molecule has 19 heavy (non-hydrogen) atoms. The number of hydrogen-bond donors (Lipinski definition) is 2. The van der Waals surface area contributed by atoms with E-state index in [1.807, 2.05) is 31.2 Å². The molecule has 0 aromatic heterocycles. The maximum Gasteiger partial charge on any atom is 0.221 e. The number of nitrogens with one attached hydrogen (secondary N) is 1. The van der Waals surface area contributed by atoms with Crippen molar-refractivity contribution in [3.8, 4) is 0 Å². The first-order valence-corrected chi connectivity index (χ1v) is 6.85. The minimum atomic E-state index is -0.127. The Labute approximate surface area is 119 Å². The molecule has 0 aliphatic heterocycles. The number of aliphatic hydroxyl groups excluding tert-OH is 1. The number of carbonyl (C=O) groups is 1. The number of likely N-dealkylation sites (N-methyl/N-ethyl adjacent to an activating group) is 1. The summed E-state index contributed by atoms with van der Waals surface area (Å²) in [4.78, 5) is 13.0. The number of carbonyl (C=O) groups excluding carboxylic acids is 1. The number of rotatable bonds is 7. The summed E-state index contributed by atoms with van der Waals surface area (Å²) in [5.74, 6) is -0.0877. The zero-order valence-electron chi connectivity index (χ0n) is 11.4. The second-order valence-corrected chi connectivity index (χ2v) is 4.91. The zero-order valence-corrected chi connectivity index (χ0v) is 12.2. The van der Waals surface area contributed by atoms with Gasteiger partial charge in [-0.15, -0.1) is 11.6 Å². The highest BCUT2D eigenvalue weighted by Crippen LogP contribution is 2.23. The van der Waals surface area contributed by atoms with Crippen LogP contribution < -0.4 is 5.32 Å². The molecule has 4 nitrogen and oxygen atoms in total. The van der Waals surface area contributed by atoms with Crippen LogP contribution in [-0.4, -0.2) is 42.2 Å². The lowest BCUT2D eigenvalue weighted by Crippen LogP contribution is -2.29. The minimum absolute atomic E-state index is 0.0877.